The van der Waals surface area contributed by atoms with Gasteiger partial charge in [0.05, 0.1) is 12.2 Å². The highest BCUT2D eigenvalue weighted by atomic mass is 19.1. The molecule has 2 aromatic carbocycles. The van der Waals surface area contributed by atoms with Crippen LogP contribution in [0, 0.1) is 5.82 Å². The number of amides is 2. The number of halogens is 1. The number of nitrogens with one attached hydrogen (secondary N) is 3. The second-order valence-electron chi connectivity index (χ2n) is 6.65. The molecule has 0 radical (unpaired) electrons. The molecule has 0 aliphatic carbocycles. The Morgan fingerprint density at radius 1 is 1.14 bits per heavy atom. The monoisotopic (exact) mass is 394 g/mol. The van der Waals surface area contributed by atoms with E-state index < -0.39 is 0 Å². The third-order valence-electron chi connectivity index (χ3n) is 4.59. The number of aryl methyl sites for hydroxylation is 1. The molecule has 0 unspecified atom stereocenters. The number of anilines is 1. The largest absolute Gasteiger partial charge is 0.492 e. The van der Waals surface area contributed by atoms with E-state index in [0.29, 0.717) is 48.7 Å². The number of fused-ring (bicyclic) bond motifs is 1. The normalized spacial score (nSPS) is 12.8. The highest BCUT2D eigenvalue weighted by Gasteiger charge is 2.15. The van der Waals surface area contributed by atoms with E-state index in [2.05, 4.69) is 20.8 Å². The van der Waals surface area contributed by atoms with E-state index >= 15 is 0 Å². The Kier molecular flexibility index (Phi) is 5.24. The Morgan fingerprint density at radius 3 is 2.79 bits per heavy atom. The summed E-state index contributed by atoms with van der Waals surface area (Å²) in [4.78, 5) is 23.6. The van der Waals surface area contributed by atoms with Crippen molar-refractivity contribution in [3.63, 3.8) is 0 Å². The van der Waals surface area contributed by atoms with Crippen LogP contribution in [0.15, 0.2) is 48.5 Å². The molecule has 1 aliphatic heterocycles. The summed E-state index contributed by atoms with van der Waals surface area (Å²) in [5.74, 6) is 0.0816. The van der Waals surface area contributed by atoms with Gasteiger partial charge in [0.1, 0.15) is 23.9 Å². The summed E-state index contributed by atoms with van der Waals surface area (Å²) in [5.41, 5.74) is 3.45. The van der Waals surface area contributed by atoms with Gasteiger partial charge in [0.2, 0.25) is 5.91 Å². The Balaban J connectivity index is 1.27. The van der Waals surface area contributed by atoms with Crippen LogP contribution >= 0.6 is 0 Å². The molecule has 1 aromatic heterocycles. The summed E-state index contributed by atoms with van der Waals surface area (Å²) >= 11 is 0. The zero-order valence-electron chi connectivity index (χ0n) is 15.5. The second kappa shape index (κ2) is 8.14. The average molecular weight is 394 g/mol. The van der Waals surface area contributed by atoms with Gasteiger partial charge in [-0.2, -0.15) is 5.10 Å². The van der Waals surface area contributed by atoms with Gasteiger partial charge in [-0.1, -0.05) is 0 Å². The van der Waals surface area contributed by atoms with Gasteiger partial charge in [-0.05, 0) is 60.5 Å². The summed E-state index contributed by atoms with van der Waals surface area (Å²) in [6.07, 6.45) is 1.15. The summed E-state index contributed by atoms with van der Waals surface area (Å²) in [6, 6.07) is 13.0. The quantitative estimate of drug-likeness (QED) is 0.560. The first-order valence-corrected chi connectivity index (χ1v) is 9.23. The molecule has 0 bridgehead atoms. The highest BCUT2D eigenvalue weighted by Crippen LogP contribution is 2.26. The molecule has 0 saturated carbocycles. The SMILES string of the molecule is O=C1CCc2cc(OCCNC(=O)c3cc(-c4ccc(F)cc4)n[nH]3)ccc2N1. The predicted octanol–water partition coefficient (Wildman–Crippen LogP) is 2.91. The predicted molar refractivity (Wildman–Crippen MR) is 105 cm³/mol. The zero-order valence-corrected chi connectivity index (χ0v) is 15.5. The topological polar surface area (TPSA) is 96.1 Å². The number of hydrogen-bond acceptors (Lipinski definition) is 4. The van der Waals surface area contributed by atoms with Gasteiger partial charge in [-0.3, -0.25) is 14.7 Å². The van der Waals surface area contributed by atoms with Crippen LogP contribution in [0.1, 0.15) is 22.5 Å². The number of aromatic nitrogens is 2. The number of H-pyrrole nitrogens is 1. The van der Waals surface area contributed by atoms with Crippen molar-refractivity contribution in [1.82, 2.24) is 15.5 Å². The molecule has 0 spiro atoms. The van der Waals surface area contributed by atoms with E-state index in [1.807, 2.05) is 12.1 Å². The maximum absolute atomic E-state index is 13.0. The molecular formula is C21H19FN4O3. The number of carbonyl (C=O) groups is 2. The summed E-state index contributed by atoms with van der Waals surface area (Å²) in [7, 11) is 0. The molecule has 2 amide bonds. The minimum atomic E-state index is -0.328. The van der Waals surface area contributed by atoms with Gasteiger partial charge < -0.3 is 15.4 Å². The molecule has 8 heteroatoms. The Labute approximate surface area is 166 Å². The van der Waals surface area contributed by atoms with Crippen molar-refractivity contribution in [3.05, 3.63) is 65.6 Å². The lowest BCUT2D eigenvalue weighted by Crippen LogP contribution is -2.28. The molecule has 1 aliphatic rings. The van der Waals surface area contributed by atoms with E-state index in [-0.39, 0.29) is 17.6 Å². The van der Waals surface area contributed by atoms with Gasteiger partial charge in [-0.15, -0.1) is 0 Å². The summed E-state index contributed by atoms with van der Waals surface area (Å²) < 4.78 is 18.7. The first kappa shape index (κ1) is 18.7. The van der Waals surface area contributed by atoms with Crippen molar-refractivity contribution in [2.75, 3.05) is 18.5 Å². The van der Waals surface area contributed by atoms with Crippen LogP contribution in [-0.4, -0.2) is 35.2 Å². The second-order valence-corrected chi connectivity index (χ2v) is 6.65. The van der Waals surface area contributed by atoms with Crippen molar-refractivity contribution in [3.8, 4) is 17.0 Å². The zero-order chi connectivity index (χ0) is 20.2. The van der Waals surface area contributed by atoms with Gasteiger partial charge in [0, 0.05) is 17.7 Å². The lowest BCUT2D eigenvalue weighted by atomic mass is 10.0. The lowest BCUT2D eigenvalue weighted by molar-refractivity contribution is -0.116. The van der Waals surface area contributed by atoms with Gasteiger partial charge in [0.25, 0.3) is 5.91 Å². The third-order valence-corrected chi connectivity index (χ3v) is 4.59. The van der Waals surface area contributed by atoms with E-state index in [1.54, 1.807) is 24.3 Å². The molecule has 148 valence electrons. The van der Waals surface area contributed by atoms with Crippen LogP contribution in [-0.2, 0) is 11.2 Å². The number of carbonyl (C=O) groups excluding carboxylic acids is 2. The lowest BCUT2D eigenvalue weighted by Gasteiger charge is -2.17. The molecule has 4 rings (SSSR count). The Bertz CT molecular complexity index is 1050. The van der Waals surface area contributed by atoms with Crippen LogP contribution in [0.2, 0.25) is 0 Å². The molecule has 3 N–H and O–H groups in total. The van der Waals surface area contributed by atoms with Crippen molar-refractivity contribution in [2.45, 2.75) is 12.8 Å². The number of hydrogen-bond donors (Lipinski definition) is 3. The molecule has 3 aromatic rings. The van der Waals surface area contributed by atoms with Gasteiger partial charge in [-0.25, -0.2) is 4.39 Å². The minimum absolute atomic E-state index is 0.0234. The van der Waals surface area contributed by atoms with E-state index in [9.17, 15) is 14.0 Å². The third kappa shape index (κ3) is 4.43. The van der Waals surface area contributed by atoms with Crippen molar-refractivity contribution in [2.24, 2.45) is 0 Å². The molecular weight excluding hydrogens is 375 g/mol. The van der Waals surface area contributed by atoms with E-state index in [1.165, 1.54) is 12.1 Å². The summed E-state index contributed by atoms with van der Waals surface area (Å²) in [5, 5.41) is 12.4. The fourth-order valence-corrected chi connectivity index (χ4v) is 3.08. The number of nitrogens with zero attached hydrogens (tertiary/aromatic N) is 1. The van der Waals surface area contributed by atoms with Crippen molar-refractivity contribution >= 4 is 17.5 Å². The molecule has 29 heavy (non-hydrogen) atoms. The van der Waals surface area contributed by atoms with Crippen molar-refractivity contribution < 1.29 is 18.7 Å². The number of ether oxygens (including phenoxy) is 1. The summed E-state index contributed by atoms with van der Waals surface area (Å²) in [6.45, 7) is 0.618. The standard InChI is InChI=1S/C21H19FN4O3/c22-15-4-1-13(2-5-15)18-12-19(26-25-18)21(28)23-9-10-29-16-6-7-17-14(11-16)3-8-20(27)24-17/h1-2,4-7,11-12H,3,8-10H2,(H,23,28)(H,24,27)(H,25,26). The van der Waals surface area contributed by atoms with Crippen LogP contribution < -0.4 is 15.4 Å². The van der Waals surface area contributed by atoms with Gasteiger partial charge in [0.15, 0.2) is 0 Å². The maximum atomic E-state index is 13.0. The molecule has 0 saturated heterocycles. The van der Waals surface area contributed by atoms with Crippen molar-refractivity contribution in [1.29, 1.82) is 0 Å². The molecule has 0 fully saturated rings. The fourth-order valence-electron chi connectivity index (χ4n) is 3.08. The van der Waals surface area contributed by atoms with Crippen LogP contribution in [0.25, 0.3) is 11.3 Å². The van der Waals surface area contributed by atoms with E-state index in [0.717, 1.165) is 11.3 Å². The smallest absolute Gasteiger partial charge is 0.269 e. The number of benzene rings is 2. The minimum Gasteiger partial charge on any atom is -0.492 e. The van der Waals surface area contributed by atoms with Gasteiger partial charge >= 0.3 is 0 Å². The van der Waals surface area contributed by atoms with Crippen LogP contribution in [0.5, 0.6) is 5.75 Å². The fraction of sp³-hybridized carbons (Fsp3) is 0.190. The molecule has 2 heterocycles. The van der Waals surface area contributed by atoms with E-state index in [4.69, 9.17) is 4.74 Å². The number of rotatable bonds is 6. The maximum Gasteiger partial charge on any atom is 0.269 e. The first-order valence-electron chi connectivity index (χ1n) is 9.23. The van der Waals surface area contributed by atoms with Crippen LogP contribution in [0.4, 0.5) is 10.1 Å². The Hall–Kier alpha value is -3.68. The Morgan fingerprint density at radius 2 is 1.97 bits per heavy atom. The average Bonchev–Trinajstić information content (AvgIpc) is 3.22. The first-order chi connectivity index (χ1) is 14.1. The molecule has 7 nitrogen and oxygen atoms in total. The number of aromatic amines is 1. The highest BCUT2D eigenvalue weighted by molar-refractivity contribution is 5.94. The van der Waals surface area contributed by atoms with Crippen LogP contribution in [0.3, 0.4) is 0 Å². The molecule has 0 atom stereocenters.